The molecule has 1 aromatic carbocycles. The second-order valence-electron chi connectivity index (χ2n) is 4.45. The topological polar surface area (TPSA) is 101 Å². The lowest BCUT2D eigenvalue weighted by molar-refractivity contribution is -0.118. The highest BCUT2D eigenvalue weighted by atomic mass is 32.2. The highest BCUT2D eigenvalue weighted by Gasteiger charge is 2.31. The molecule has 0 aliphatic carbocycles. The summed E-state index contributed by atoms with van der Waals surface area (Å²) in [6, 6.07) is 4.64. The Bertz CT molecular complexity index is 588. The van der Waals surface area contributed by atoms with Gasteiger partial charge in [0.2, 0.25) is 11.8 Å². The number of nitrogens with zero attached hydrogens (tertiary/aromatic N) is 1. The van der Waals surface area contributed by atoms with Crippen molar-refractivity contribution in [1.29, 1.82) is 0 Å². The van der Waals surface area contributed by atoms with Gasteiger partial charge >= 0.3 is 5.97 Å². The molecule has 1 unspecified atom stereocenters. The fourth-order valence-electron chi connectivity index (χ4n) is 1.99. The van der Waals surface area contributed by atoms with Crippen molar-refractivity contribution in [2.75, 3.05) is 11.4 Å². The van der Waals surface area contributed by atoms with Crippen molar-refractivity contribution in [1.82, 2.24) is 0 Å². The molecule has 20 heavy (non-hydrogen) atoms. The molecule has 0 saturated carbocycles. The standard InChI is InChI=1S/C13H14N2O4S/c1-7-12(17)15(5-4-11(14)16)9-6-8(13(18)19)2-3-10(9)20-7/h2-3,6-7H,4-5H2,1H3,(H2,14,16)(H,18,19). The zero-order valence-corrected chi connectivity index (χ0v) is 11.6. The van der Waals surface area contributed by atoms with E-state index >= 15 is 0 Å². The minimum absolute atomic E-state index is 0.0415. The smallest absolute Gasteiger partial charge is 0.335 e. The van der Waals surface area contributed by atoms with E-state index < -0.39 is 11.9 Å². The van der Waals surface area contributed by atoms with Crippen LogP contribution in [0.25, 0.3) is 0 Å². The Balaban J connectivity index is 2.40. The van der Waals surface area contributed by atoms with Crippen LogP contribution in [0.15, 0.2) is 23.1 Å². The maximum Gasteiger partial charge on any atom is 0.335 e. The molecule has 0 aromatic heterocycles. The van der Waals surface area contributed by atoms with Gasteiger partial charge in [-0.25, -0.2) is 4.79 Å². The zero-order chi connectivity index (χ0) is 14.9. The molecule has 0 radical (unpaired) electrons. The molecule has 3 N–H and O–H groups in total. The number of nitrogens with two attached hydrogens (primary N) is 1. The van der Waals surface area contributed by atoms with Gasteiger partial charge in [-0.15, -0.1) is 11.8 Å². The number of amides is 2. The van der Waals surface area contributed by atoms with Crippen molar-refractivity contribution in [3.05, 3.63) is 23.8 Å². The number of rotatable bonds is 4. The Hall–Kier alpha value is -2.02. The first-order valence-electron chi connectivity index (χ1n) is 6.04. The van der Waals surface area contributed by atoms with Gasteiger partial charge in [-0.3, -0.25) is 9.59 Å². The van der Waals surface area contributed by atoms with Crippen molar-refractivity contribution < 1.29 is 19.5 Å². The molecule has 0 fully saturated rings. The quantitative estimate of drug-likeness (QED) is 0.865. The monoisotopic (exact) mass is 294 g/mol. The summed E-state index contributed by atoms with van der Waals surface area (Å²) in [6.45, 7) is 1.94. The number of carbonyl (C=O) groups is 3. The van der Waals surface area contributed by atoms with Crippen LogP contribution in [0.4, 0.5) is 5.69 Å². The number of carboxylic acids is 1. The molecule has 106 valence electrons. The van der Waals surface area contributed by atoms with Crippen LogP contribution >= 0.6 is 11.8 Å². The predicted molar refractivity (Wildman–Crippen MR) is 74.9 cm³/mol. The Labute approximate surface area is 119 Å². The Morgan fingerprint density at radius 1 is 1.45 bits per heavy atom. The molecule has 1 aromatic rings. The fraction of sp³-hybridized carbons (Fsp3) is 0.308. The van der Waals surface area contributed by atoms with Gasteiger partial charge in [-0.05, 0) is 25.1 Å². The lowest BCUT2D eigenvalue weighted by atomic mass is 10.1. The van der Waals surface area contributed by atoms with E-state index in [0.717, 1.165) is 4.90 Å². The van der Waals surface area contributed by atoms with Gasteiger partial charge in [-0.1, -0.05) is 0 Å². The maximum atomic E-state index is 12.2. The minimum Gasteiger partial charge on any atom is -0.478 e. The van der Waals surface area contributed by atoms with Crippen LogP contribution in [0.5, 0.6) is 0 Å². The molecule has 0 spiro atoms. The molecule has 0 bridgehead atoms. The van der Waals surface area contributed by atoms with Gasteiger partial charge in [0, 0.05) is 17.9 Å². The molecule has 2 amide bonds. The van der Waals surface area contributed by atoms with Gasteiger partial charge in [-0.2, -0.15) is 0 Å². The van der Waals surface area contributed by atoms with E-state index in [4.69, 9.17) is 10.8 Å². The van der Waals surface area contributed by atoms with E-state index in [2.05, 4.69) is 0 Å². The largest absolute Gasteiger partial charge is 0.478 e. The number of carboxylic acid groups (broad SMARTS) is 1. The van der Waals surface area contributed by atoms with Crippen molar-refractivity contribution in [3.63, 3.8) is 0 Å². The summed E-state index contributed by atoms with van der Waals surface area (Å²) in [7, 11) is 0. The van der Waals surface area contributed by atoms with Crippen molar-refractivity contribution in [2.45, 2.75) is 23.5 Å². The summed E-state index contributed by atoms with van der Waals surface area (Å²) >= 11 is 1.38. The SMILES string of the molecule is CC1Sc2ccc(C(=O)O)cc2N(CCC(N)=O)C1=O. The summed E-state index contributed by atoms with van der Waals surface area (Å²) in [4.78, 5) is 36.4. The summed E-state index contributed by atoms with van der Waals surface area (Å²) in [5.41, 5.74) is 5.75. The molecule has 1 heterocycles. The summed E-state index contributed by atoms with van der Waals surface area (Å²) in [5.74, 6) is -1.70. The lowest BCUT2D eigenvalue weighted by Gasteiger charge is -2.32. The predicted octanol–water partition coefficient (Wildman–Crippen LogP) is 1.09. The van der Waals surface area contributed by atoms with Gasteiger partial charge in [0.15, 0.2) is 0 Å². The Morgan fingerprint density at radius 3 is 2.75 bits per heavy atom. The Morgan fingerprint density at radius 2 is 2.15 bits per heavy atom. The second kappa shape index (κ2) is 5.54. The first-order valence-corrected chi connectivity index (χ1v) is 6.92. The van der Waals surface area contributed by atoms with Crippen molar-refractivity contribution in [3.8, 4) is 0 Å². The van der Waals surface area contributed by atoms with Crippen LogP contribution in [0.1, 0.15) is 23.7 Å². The number of thioether (sulfide) groups is 1. The number of anilines is 1. The van der Waals surface area contributed by atoms with Gasteiger partial charge in [0.05, 0.1) is 16.5 Å². The lowest BCUT2D eigenvalue weighted by Crippen LogP contribution is -2.41. The number of hydrogen-bond acceptors (Lipinski definition) is 4. The Kier molecular flexibility index (Phi) is 3.99. The number of hydrogen-bond donors (Lipinski definition) is 2. The second-order valence-corrected chi connectivity index (χ2v) is 5.84. The molecule has 7 heteroatoms. The molecule has 0 saturated heterocycles. The van der Waals surface area contributed by atoms with Crippen LogP contribution < -0.4 is 10.6 Å². The molecule has 1 atom stereocenters. The van der Waals surface area contributed by atoms with E-state index in [1.54, 1.807) is 13.0 Å². The third-order valence-electron chi connectivity index (χ3n) is 3.00. The third kappa shape index (κ3) is 2.77. The van der Waals surface area contributed by atoms with Crippen LogP contribution in [0.3, 0.4) is 0 Å². The third-order valence-corrected chi connectivity index (χ3v) is 4.15. The summed E-state index contributed by atoms with van der Waals surface area (Å²) in [6.07, 6.45) is 0.0415. The molecule has 1 aliphatic rings. The number of benzene rings is 1. The fourth-order valence-corrected chi connectivity index (χ4v) is 3.04. The first-order chi connectivity index (χ1) is 9.40. The molecular formula is C13H14N2O4S. The molecule has 1 aliphatic heterocycles. The van der Waals surface area contributed by atoms with Gasteiger partial charge in [0.1, 0.15) is 0 Å². The number of primary amides is 1. The van der Waals surface area contributed by atoms with Crippen LogP contribution in [-0.4, -0.2) is 34.7 Å². The summed E-state index contributed by atoms with van der Waals surface area (Å²) < 4.78 is 0. The molecular weight excluding hydrogens is 280 g/mol. The van der Waals surface area contributed by atoms with Gasteiger partial charge < -0.3 is 15.7 Å². The van der Waals surface area contributed by atoms with Crippen molar-refractivity contribution in [2.24, 2.45) is 5.73 Å². The minimum atomic E-state index is -1.06. The molecule has 2 rings (SSSR count). The van der Waals surface area contributed by atoms with E-state index in [9.17, 15) is 14.4 Å². The normalized spacial score (nSPS) is 17.8. The summed E-state index contributed by atoms with van der Waals surface area (Å²) in [5, 5.41) is 8.75. The first kappa shape index (κ1) is 14.4. The number of fused-ring (bicyclic) bond motifs is 1. The van der Waals surface area contributed by atoms with E-state index in [-0.39, 0.29) is 29.7 Å². The number of carbonyl (C=O) groups excluding carboxylic acids is 2. The number of aromatic carboxylic acids is 1. The molecule has 6 nitrogen and oxygen atoms in total. The average molecular weight is 294 g/mol. The van der Waals surface area contributed by atoms with Gasteiger partial charge in [0.25, 0.3) is 0 Å². The van der Waals surface area contributed by atoms with Crippen LogP contribution in [-0.2, 0) is 9.59 Å². The highest BCUT2D eigenvalue weighted by molar-refractivity contribution is 8.00. The average Bonchev–Trinajstić information content (AvgIpc) is 2.38. The maximum absolute atomic E-state index is 12.2. The van der Waals surface area contributed by atoms with Crippen molar-refractivity contribution >= 4 is 35.2 Å². The van der Waals surface area contributed by atoms with E-state index in [1.165, 1.54) is 28.8 Å². The zero-order valence-electron chi connectivity index (χ0n) is 10.8. The van der Waals surface area contributed by atoms with E-state index in [0.29, 0.717) is 5.69 Å². The van der Waals surface area contributed by atoms with E-state index in [1.807, 2.05) is 0 Å². The van der Waals surface area contributed by atoms with Crippen LogP contribution in [0.2, 0.25) is 0 Å². The van der Waals surface area contributed by atoms with Crippen LogP contribution in [0, 0.1) is 0 Å². The highest BCUT2D eigenvalue weighted by Crippen LogP contribution is 2.39.